The van der Waals surface area contributed by atoms with Crippen LogP contribution in [-0.2, 0) is 23.1 Å². The molecule has 7 nitrogen and oxygen atoms in total. The average Bonchev–Trinajstić information content (AvgIpc) is 2.67. The molecule has 0 fully saturated rings. The molecule has 0 aliphatic carbocycles. The fourth-order valence-electron chi connectivity index (χ4n) is 3.86. The predicted octanol–water partition coefficient (Wildman–Crippen LogP) is 2.41. The molecule has 0 radical (unpaired) electrons. The minimum atomic E-state index is -3.69. The van der Waals surface area contributed by atoms with Crippen molar-refractivity contribution in [2.45, 2.75) is 45.7 Å². The Morgan fingerprint density at radius 2 is 1.43 bits per heavy atom. The molecule has 0 atom stereocenters. The van der Waals surface area contributed by atoms with Gasteiger partial charge in [-0.15, -0.1) is 0 Å². The monoisotopic (exact) mass is 429 g/mol. The Morgan fingerprint density at radius 3 is 1.97 bits per heavy atom. The van der Waals surface area contributed by atoms with Crippen molar-refractivity contribution in [3.63, 3.8) is 0 Å². The molecule has 3 rings (SSSR count). The van der Waals surface area contributed by atoms with Crippen LogP contribution in [-0.4, -0.2) is 36.0 Å². The topological polar surface area (TPSA) is 81.4 Å². The maximum absolute atomic E-state index is 13.0. The van der Waals surface area contributed by atoms with Crippen LogP contribution in [0.2, 0.25) is 0 Å². The van der Waals surface area contributed by atoms with Gasteiger partial charge in [-0.1, -0.05) is 17.7 Å². The Kier molecular flexibility index (Phi) is 5.75. The summed E-state index contributed by atoms with van der Waals surface area (Å²) in [5.74, 6) is 0. The van der Waals surface area contributed by atoms with E-state index >= 15 is 0 Å². The first-order valence-electron chi connectivity index (χ1n) is 9.75. The molecule has 30 heavy (non-hydrogen) atoms. The second-order valence-electron chi connectivity index (χ2n) is 7.76. The quantitative estimate of drug-likeness (QED) is 0.583. The Bertz CT molecular complexity index is 1340. The van der Waals surface area contributed by atoms with E-state index in [-0.39, 0.29) is 11.4 Å². The zero-order valence-electron chi connectivity index (χ0n) is 18.2. The van der Waals surface area contributed by atoms with E-state index in [1.807, 2.05) is 32.9 Å². The van der Waals surface area contributed by atoms with Gasteiger partial charge in [-0.3, -0.25) is 14.2 Å². The van der Waals surface area contributed by atoms with Gasteiger partial charge in [0.25, 0.3) is 0 Å². The number of hydrogen-bond donors (Lipinski definition) is 0. The van der Waals surface area contributed by atoms with Crippen LogP contribution in [0.15, 0.2) is 44.8 Å². The van der Waals surface area contributed by atoms with Crippen molar-refractivity contribution in [3.8, 4) is 0 Å². The number of aromatic nitrogens is 2. The first-order valence-corrected chi connectivity index (χ1v) is 11.2. The van der Waals surface area contributed by atoms with E-state index in [9.17, 15) is 18.0 Å². The van der Waals surface area contributed by atoms with Crippen LogP contribution in [0.5, 0.6) is 0 Å². The van der Waals surface area contributed by atoms with Crippen LogP contribution in [0.4, 0.5) is 0 Å². The Balaban J connectivity index is 2.39. The number of aryl methyl sites for hydroxylation is 4. The number of nitrogens with zero attached hydrogens (tertiary/aromatic N) is 3. The van der Waals surface area contributed by atoms with Crippen LogP contribution in [0.1, 0.15) is 29.2 Å². The van der Waals surface area contributed by atoms with Gasteiger partial charge in [0.15, 0.2) is 0 Å². The summed E-state index contributed by atoms with van der Waals surface area (Å²) >= 11 is 0. The molecule has 1 aromatic heterocycles. The second kappa shape index (κ2) is 7.85. The van der Waals surface area contributed by atoms with Gasteiger partial charge in [0.1, 0.15) is 0 Å². The second-order valence-corrected chi connectivity index (χ2v) is 9.91. The largest absolute Gasteiger partial charge is 0.317 e. The van der Waals surface area contributed by atoms with Gasteiger partial charge >= 0.3 is 11.1 Å². The van der Waals surface area contributed by atoms with Gasteiger partial charge in [0.2, 0.25) is 10.0 Å². The van der Waals surface area contributed by atoms with Gasteiger partial charge < -0.3 is 4.57 Å². The lowest BCUT2D eigenvalue weighted by Gasteiger charge is -2.18. The number of fused-ring (bicyclic) bond motifs is 1. The van der Waals surface area contributed by atoms with E-state index < -0.39 is 21.1 Å². The lowest BCUT2D eigenvalue weighted by atomic mass is 9.99. The molecule has 0 aliphatic rings. The van der Waals surface area contributed by atoms with E-state index in [2.05, 4.69) is 0 Å². The van der Waals surface area contributed by atoms with Gasteiger partial charge in [-0.25, -0.2) is 12.7 Å². The standard InChI is InChI=1S/C22H27N3O4S/c1-7-24-19-9-8-17(30(28,29)23(5)6)12-20(19)25(22(27)21(24)26)13-18-15(3)10-14(2)11-16(18)4/h8-12H,7,13H2,1-6H3. The van der Waals surface area contributed by atoms with Crippen molar-refractivity contribution >= 4 is 21.1 Å². The molecule has 0 N–H and O–H groups in total. The Hall–Kier alpha value is -2.71. The highest BCUT2D eigenvalue weighted by atomic mass is 32.2. The van der Waals surface area contributed by atoms with Crippen LogP contribution in [0, 0.1) is 20.8 Å². The van der Waals surface area contributed by atoms with Crippen LogP contribution in [0.3, 0.4) is 0 Å². The molecular formula is C22H27N3O4S. The van der Waals surface area contributed by atoms with Crippen LogP contribution in [0.25, 0.3) is 11.0 Å². The van der Waals surface area contributed by atoms with Crippen LogP contribution >= 0.6 is 0 Å². The average molecular weight is 430 g/mol. The van der Waals surface area contributed by atoms with Crippen molar-refractivity contribution in [2.75, 3.05) is 14.1 Å². The molecule has 0 aliphatic heterocycles. The molecule has 1 heterocycles. The third kappa shape index (κ3) is 3.61. The highest BCUT2D eigenvalue weighted by molar-refractivity contribution is 7.89. The SMILES string of the molecule is CCn1c(=O)c(=O)n(Cc2c(C)cc(C)cc2C)c2cc(S(=O)(=O)N(C)C)ccc21. The number of benzene rings is 2. The molecule has 0 spiro atoms. The Morgan fingerprint density at radius 1 is 0.867 bits per heavy atom. The fourth-order valence-corrected chi connectivity index (χ4v) is 4.78. The molecule has 2 aromatic carbocycles. The molecule has 0 saturated carbocycles. The van der Waals surface area contributed by atoms with Crippen molar-refractivity contribution in [2.24, 2.45) is 0 Å². The normalized spacial score (nSPS) is 12.1. The smallest absolute Gasteiger partial charge is 0.302 e. The summed E-state index contributed by atoms with van der Waals surface area (Å²) in [6.45, 7) is 8.23. The highest BCUT2D eigenvalue weighted by Crippen LogP contribution is 2.22. The zero-order chi connectivity index (χ0) is 22.4. The molecule has 8 heteroatoms. The third-order valence-electron chi connectivity index (χ3n) is 5.45. The van der Waals surface area contributed by atoms with E-state index in [4.69, 9.17) is 0 Å². The van der Waals surface area contributed by atoms with Gasteiger partial charge in [0, 0.05) is 20.6 Å². The zero-order valence-corrected chi connectivity index (χ0v) is 19.0. The summed E-state index contributed by atoms with van der Waals surface area (Å²) in [5, 5.41) is 0. The first kappa shape index (κ1) is 22.0. The van der Waals surface area contributed by atoms with E-state index in [1.165, 1.54) is 35.4 Å². The number of sulfonamides is 1. The van der Waals surface area contributed by atoms with Crippen LogP contribution < -0.4 is 11.1 Å². The molecule has 0 unspecified atom stereocenters. The lowest BCUT2D eigenvalue weighted by molar-refractivity contribution is 0.520. The Labute approximate surface area is 176 Å². The van der Waals surface area contributed by atoms with Crippen molar-refractivity contribution in [3.05, 3.63) is 73.3 Å². The fraction of sp³-hybridized carbons (Fsp3) is 0.364. The third-order valence-corrected chi connectivity index (χ3v) is 7.26. The van der Waals surface area contributed by atoms with Crippen molar-refractivity contribution in [1.29, 1.82) is 0 Å². The maximum atomic E-state index is 13.0. The van der Waals surface area contributed by atoms with Gasteiger partial charge in [-0.05, 0) is 62.6 Å². The van der Waals surface area contributed by atoms with Crippen molar-refractivity contribution < 1.29 is 8.42 Å². The maximum Gasteiger partial charge on any atom is 0.317 e. The van der Waals surface area contributed by atoms with E-state index in [0.29, 0.717) is 17.6 Å². The highest BCUT2D eigenvalue weighted by Gasteiger charge is 2.21. The molecule has 0 amide bonds. The molecule has 0 bridgehead atoms. The van der Waals surface area contributed by atoms with E-state index in [0.717, 1.165) is 26.6 Å². The lowest BCUT2D eigenvalue weighted by Crippen LogP contribution is -2.41. The van der Waals surface area contributed by atoms with Crippen molar-refractivity contribution in [1.82, 2.24) is 13.4 Å². The molecule has 0 saturated heterocycles. The van der Waals surface area contributed by atoms with E-state index in [1.54, 1.807) is 13.0 Å². The molecular weight excluding hydrogens is 402 g/mol. The number of rotatable bonds is 5. The minimum Gasteiger partial charge on any atom is -0.302 e. The summed E-state index contributed by atoms with van der Waals surface area (Å²) in [5.41, 5.74) is 3.77. The summed E-state index contributed by atoms with van der Waals surface area (Å²) in [4.78, 5) is 25.8. The summed E-state index contributed by atoms with van der Waals surface area (Å²) in [6.07, 6.45) is 0. The minimum absolute atomic E-state index is 0.0757. The summed E-state index contributed by atoms with van der Waals surface area (Å²) < 4.78 is 29.2. The predicted molar refractivity (Wildman–Crippen MR) is 119 cm³/mol. The van der Waals surface area contributed by atoms with Gasteiger partial charge in [-0.2, -0.15) is 0 Å². The first-order chi connectivity index (χ1) is 14.0. The summed E-state index contributed by atoms with van der Waals surface area (Å²) in [6, 6.07) is 8.62. The molecule has 3 aromatic rings. The number of hydrogen-bond acceptors (Lipinski definition) is 4. The molecule has 160 valence electrons. The van der Waals surface area contributed by atoms with Gasteiger partial charge in [0.05, 0.1) is 22.5 Å². The summed E-state index contributed by atoms with van der Waals surface area (Å²) in [7, 11) is -0.778.